The van der Waals surface area contributed by atoms with E-state index in [-0.39, 0.29) is 11.8 Å². The summed E-state index contributed by atoms with van der Waals surface area (Å²) in [4.78, 5) is 19.7. The molecular formula is C17H21N3O3S. The predicted octanol–water partition coefficient (Wildman–Crippen LogP) is 2.39. The van der Waals surface area contributed by atoms with Crippen LogP contribution in [0.3, 0.4) is 0 Å². The number of aromatic nitrogens is 2. The van der Waals surface area contributed by atoms with Gasteiger partial charge >= 0.3 is 0 Å². The number of piperidine rings is 1. The normalized spacial score (nSPS) is 19.2. The lowest BCUT2D eigenvalue weighted by Gasteiger charge is -2.31. The van der Waals surface area contributed by atoms with E-state index in [0.717, 1.165) is 24.3 Å². The van der Waals surface area contributed by atoms with Gasteiger partial charge in [0.1, 0.15) is 0 Å². The Hall–Kier alpha value is -2.02. The van der Waals surface area contributed by atoms with Crippen LogP contribution in [0.4, 0.5) is 0 Å². The highest BCUT2D eigenvalue weighted by Gasteiger charge is 2.28. The van der Waals surface area contributed by atoms with Crippen molar-refractivity contribution in [2.75, 3.05) is 19.3 Å². The number of carbonyl (C=O) groups is 1. The van der Waals surface area contributed by atoms with E-state index < -0.39 is 10.8 Å². The maximum Gasteiger partial charge on any atom is 0.253 e. The topological polar surface area (TPSA) is 76.3 Å². The lowest BCUT2D eigenvalue weighted by Crippen LogP contribution is -2.39. The molecule has 1 aromatic carbocycles. The summed E-state index contributed by atoms with van der Waals surface area (Å²) in [6, 6.07) is 6.98. The summed E-state index contributed by atoms with van der Waals surface area (Å²) in [5, 5.41) is 4.05. The third kappa shape index (κ3) is 3.56. The molecule has 0 saturated carbocycles. The van der Waals surface area contributed by atoms with Crippen molar-refractivity contribution >= 4 is 16.7 Å². The van der Waals surface area contributed by atoms with Crippen LogP contribution in [-0.4, -0.2) is 44.5 Å². The van der Waals surface area contributed by atoms with Gasteiger partial charge in [-0.15, -0.1) is 0 Å². The molecule has 6 nitrogen and oxygen atoms in total. The maximum atomic E-state index is 12.7. The van der Waals surface area contributed by atoms with Crippen molar-refractivity contribution in [2.45, 2.75) is 37.0 Å². The minimum atomic E-state index is -1.04. The van der Waals surface area contributed by atoms with Crippen molar-refractivity contribution in [3.63, 3.8) is 0 Å². The van der Waals surface area contributed by atoms with Gasteiger partial charge in [0.2, 0.25) is 5.89 Å². The maximum absolute atomic E-state index is 12.7. The van der Waals surface area contributed by atoms with Crippen molar-refractivity contribution in [2.24, 2.45) is 0 Å². The van der Waals surface area contributed by atoms with Crippen LogP contribution < -0.4 is 0 Å². The SMILES string of the molecule is CCc1nc([C@H]2CCCN(C(=O)c3ccc([S@](C)=O)cc3)C2)no1. The van der Waals surface area contributed by atoms with Gasteiger partial charge in [0.05, 0.1) is 0 Å². The summed E-state index contributed by atoms with van der Waals surface area (Å²) in [6.07, 6.45) is 4.22. The first-order valence-corrected chi connectivity index (χ1v) is 9.69. The summed E-state index contributed by atoms with van der Waals surface area (Å²) in [5.74, 6) is 1.44. The fourth-order valence-electron chi connectivity index (χ4n) is 2.92. The van der Waals surface area contributed by atoms with Gasteiger partial charge in [-0.2, -0.15) is 4.98 Å². The Morgan fingerprint density at radius 3 is 2.75 bits per heavy atom. The second-order valence-electron chi connectivity index (χ2n) is 5.97. The van der Waals surface area contributed by atoms with E-state index in [0.29, 0.717) is 30.2 Å². The van der Waals surface area contributed by atoms with Crippen LogP contribution >= 0.6 is 0 Å². The molecule has 1 saturated heterocycles. The lowest BCUT2D eigenvalue weighted by atomic mass is 9.96. The third-order valence-corrected chi connectivity index (χ3v) is 5.23. The van der Waals surface area contributed by atoms with Crippen LogP contribution in [0.15, 0.2) is 33.7 Å². The first kappa shape index (κ1) is 16.8. The van der Waals surface area contributed by atoms with E-state index in [9.17, 15) is 9.00 Å². The number of rotatable bonds is 4. The molecule has 1 aliphatic heterocycles. The Kier molecular flexibility index (Phi) is 5.08. The number of nitrogens with zero attached hydrogens (tertiary/aromatic N) is 3. The first-order chi connectivity index (χ1) is 11.6. The molecule has 7 heteroatoms. The van der Waals surface area contributed by atoms with E-state index in [1.807, 2.05) is 11.8 Å². The van der Waals surface area contributed by atoms with E-state index in [2.05, 4.69) is 10.1 Å². The van der Waals surface area contributed by atoms with Crippen LogP contribution in [0.2, 0.25) is 0 Å². The number of hydrogen-bond donors (Lipinski definition) is 0. The van der Waals surface area contributed by atoms with E-state index in [4.69, 9.17) is 4.52 Å². The predicted molar refractivity (Wildman–Crippen MR) is 90.3 cm³/mol. The second-order valence-corrected chi connectivity index (χ2v) is 7.35. The summed E-state index contributed by atoms with van der Waals surface area (Å²) < 4.78 is 16.6. The van der Waals surface area contributed by atoms with Crippen molar-refractivity contribution in [1.29, 1.82) is 0 Å². The first-order valence-electron chi connectivity index (χ1n) is 8.13. The van der Waals surface area contributed by atoms with Crippen molar-refractivity contribution in [3.05, 3.63) is 41.5 Å². The molecule has 1 fully saturated rings. The van der Waals surface area contributed by atoms with Gasteiger partial charge in [-0.1, -0.05) is 12.1 Å². The molecule has 1 aromatic heterocycles. The minimum Gasteiger partial charge on any atom is -0.339 e. The highest BCUT2D eigenvalue weighted by atomic mass is 32.2. The van der Waals surface area contributed by atoms with Gasteiger partial charge in [0.15, 0.2) is 5.82 Å². The van der Waals surface area contributed by atoms with Crippen LogP contribution in [0.5, 0.6) is 0 Å². The fraction of sp³-hybridized carbons (Fsp3) is 0.471. The Morgan fingerprint density at radius 1 is 1.38 bits per heavy atom. The zero-order chi connectivity index (χ0) is 17.1. The molecule has 1 aliphatic rings. The Bertz CT molecular complexity index is 742. The van der Waals surface area contributed by atoms with Gasteiger partial charge < -0.3 is 9.42 Å². The third-order valence-electron chi connectivity index (χ3n) is 4.29. The fourth-order valence-corrected chi connectivity index (χ4v) is 3.44. The molecule has 0 N–H and O–H groups in total. The van der Waals surface area contributed by atoms with E-state index >= 15 is 0 Å². The molecule has 2 heterocycles. The van der Waals surface area contributed by atoms with Crippen LogP contribution in [0.1, 0.15) is 47.8 Å². The molecule has 0 radical (unpaired) electrons. The van der Waals surface area contributed by atoms with Crippen molar-refractivity contribution < 1.29 is 13.5 Å². The molecule has 2 aromatic rings. The van der Waals surface area contributed by atoms with Crippen molar-refractivity contribution in [3.8, 4) is 0 Å². The molecule has 1 amide bonds. The smallest absolute Gasteiger partial charge is 0.253 e. The molecule has 3 rings (SSSR count). The molecule has 2 atom stereocenters. The van der Waals surface area contributed by atoms with Gasteiger partial charge in [0, 0.05) is 52.9 Å². The van der Waals surface area contributed by atoms with E-state index in [1.54, 1.807) is 30.5 Å². The number of likely N-dealkylation sites (tertiary alicyclic amines) is 1. The van der Waals surface area contributed by atoms with Gasteiger partial charge in [-0.25, -0.2) is 0 Å². The standard InChI is InChI=1S/C17H21N3O3S/c1-3-15-18-16(19-23-15)13-5-4-10-20(11-13)17(21)12-6-8-14(9-7-12)24(2)22/h6-9,13H,3-5,10-11H2,1-2H3/t13-,24-/m0/s1. The average Bonchev–Trinajstić information content (AvgIpc) is 3.10. The number of hydrogen-bond acceptors (Lipinski definition) is 5. The zero-order valence-electron chi connectivity index (χ0n) is 13.9. The number of carbonyl (C=O) groups excluding carboxylic acids is 1. The minimum absolute atomic E-state index is 0.00709. The summed E-state index contributed by atoms with van der Waals surface area (Å²) in [7, 11) is -1.04. The van der Waals surface area contributed by atoms with Gasteiger partial charge in [-0.3, -0.25) is 9.00 Å². The molecule has 0 spiro atoms. The van der Waals surface area contributed by atoms with Gasteiger partial charge in [-0.05, 0) is 37.1 Å². The molecule has 24 heavy (non-hydrogen) atoms. The number of aryl methyl sites for hydroxylation is 1. The monoisotopic (exact) mass is 347 g/mol. The highest BCUT2D eigenvalue weighted by Crippen LogP contribution is 2.26. The Morgan fingerprint density at radius 2 is 2.12 bits per heavy atom. The van der Waals surface area contributed by atoms with Gasteiger partial charge in [0.25, 0.3) is 5.91 Å². The highest BCUT2D eigenvalue weighted by molar-refractivity contribution is 7.84. The average molecular weight is 347 g/mol. The summed E-state index contributed by atoms with van der Waals surface area (Å²) in [6.45, 7) is 3.30. The van der Waals surface area contributed by atoms with Crippen LogP contribution in [-0.2, 0) is 17.2 Å². The second kappa shape index (κ2) is 7.25. The summed E-state index contributed by atoms with van der Waals surface area (Å²) >= 11 is 0. The molecule has 0 aliphatic carbocycles. The number of benzene rings is 1. The molecule has 0 bridgehead atoms. The number of amides is 1. The zero-order valence-corrected chi connectivity index (χ0v) is 14.7. The molecule has 0 unspecified atom stereocenters. The van der Waals surface area contributed by atoms with E-state index in [1.165, 1.54) is 0 Å². The lowest BCUT2D eigenvalue weighted by molar-refractivity contribution is 0.0703. The van der Waals surface area contributed by atoms with Crippen LogP contribution in [0, 0.1) is 0 Å². The quantitative estimate of drug-likeness (QED) is 0.849. The molecular weight excluding hydrogens is 326 g/mol. The van der Waals surface area contributed by atoms with Crippen molar-refractivity contribution in [1.82, 2.24) is 15.0 Å². The summed E-state index contributed by atoms with van der Waals surface area (Å²) in [5.41, 5.74) is 0.618. The Balaban J connectivity index is 1.71. The van der Waals surface area contributed by atoms with Crippen LogP contribution in [0.25, 0.3) is 0 Å². The largest absolute Gasteiger partial charge is 0.339 e. The molecule has 128 valence electrons. The Labute approximate surface area is 143 Å².